The molecule has 0 N–H and O–H groups in total. The number of aryl methyl sites for hydroxylation is 1. The predicted octanol–water partition coefficient (Wildman–Crippen LogP) is 3.48. The summed E-state index contributed by atoms with van der Waals surface area (Å²) in [6.07, 6.45) is 14.9. The first kappa shape index (κ1) is 26.0. The number of benzene rings is 1. The van der Waals surface area contributed by atoms with E-state index in [1.807, 2.05) is 32.0 Å². The molecule has 4 rings (SSSR count). The average Bonchev–Trinajstić information content (AvgIpc) is 2.94. The molecule has 1 aliphatic heterocycles. The highest BCUT2D eigenvalue weighted by molar-refractivity contribution is 6.08. The number of rotatable bonds is 3. The zero-order chi connectivity index (χ0) is 26.7. The molecule has 0 aliphatic carbocycles. The highest BCUT2D eigenvalue weighted by Crippen LogP contribution is 2.23. The van der Waals surface area contributed by atoms with Gasteiger partial charge in [-0.3, -0.25) is 4.99 Å². The van der Waals surface area contributed by atoms with Crippen molar-refractivity contribution in [2.45, 2.75) is 32.6 Å². The Hall–Kier alpha value is -5.11. The number of hydrogen-bond donors (Lipinski definition) is 0. The molecule has 3 heterocycles. The zero-order valence-corrected chi connectivity index (χ0v) is 21.1. The molecule has 7 heteroatoms. The van der Waals surface area contributed by atoms with Crippen molar-refractivity contribution in [2.24, 2.45) is 4.99 Å². The Morgan fingerprint density at radius 3 is 2.61 bits per heavy atom. The Morgan fingerprint density at radius 2 is 1.82 bits per heavy atom. The lowest BCUT2D eigenvalue weighted by Crippen LogP contribution is -2.08. The standard InChI is InChI=1S/C31H22BN5O/c1-4-25-6-5-7-31(38-15-14-32)30(25)13-11-26-16-22(2)35-19-27(26)9-10-28-20-36-37-23(3)29(28)12-8-24-17-33-21-34-18-24/h1,5-7,17-22H,14-16H2,2-3H3. The molecule has 0 amide bonds. The van der Waals surface area contributed by atoms with E-state index in [2.05, 4.69) is 66.6 Å². The van der Waals surface area contributed by atoms with Crippen molar-refractivity contribution < 1.29 is 4.74 Å². The van der Waals surface area contributed by atoms with Crippen LogP contribution in [0.3, 0.4) is 0 Å². The van der Waals surface area contributed by atoms with Crippen molar-refractivity contribution in [3.05, 3.63) is 87.8 Å². The monoisotopic (exact) mass is 491 g/mol. The van der Waals surface area contributed by atoms with Gasteiger partial charge in [0, 0.05) is 36.2 Å². The quantitative estimate of drug-likeness (QED) is 0.415. The van der Waals surface area contributed by atoms with Crippen LogP contribution in [-0.2, 0) is 0 Å². The van der Waals surface area contributed by atoms with Crippen molar-refractivity contribution in [2.75, 3.05) is 6.61 Å². The summed E-state index contributed by atoms with van der Waals surface area (Å²) < 4.78 is 5.77. The van der Waals surface area contributed by atoms with Crippen molar-refractivity contribution >= 4 is 14.1 Å². The van der Waals surface area contributed by atoms with Gasteiger partial charge in [-0.1, -0.05) is 53.8 Å². The van der Waals surface area contributed by atoms with E-state index >= 15 is 0 Å². The van der Waals surface area contributed by atoms with Crippen LogP contribution >= 0.6 is 0 Å². The number of ether oxygens (including phenoxy) is 1. The lowest BCUT2D eigenvalue weighted by atomic mass is 9.98. The smallest absolute Gasteiger partial charge is 0.136 e. The van der Waals surface area contributed by atoms with Crippen LogP contribution in [0.1, 0.15) is 46.9 Å². The van der Waals surface area contributed by atoms with E-state index in [4.69, 9.17) is 19.0 Å². The van der Waals surface area contributed by atoms with Gasteiger partial charge >= 0.3 is 0 Å². The van der Waals surface area contributed by atoms with Crippen molar-refractivity contribution in [1.29, 1.82) is 0 Å². The highest BCUT2D eigenvalue weighted by atomic mass is 16.5. The lowest BCUT2D eigenvalue weighted by molar-refractivity contribution is 0.339. The molecule has 0 saturated heterocycles. The fraction of sp³-hybridized carbons (Fsp3) is 0.194. The molecule has 0 saturated carbocycles. The number of aliphatic imine (C=N–C) groups is 1. The molecule has 6 nitrogen and oxygen atoms in total. The van der Waals surface area contributed by atoms with Crippen LogP contribution in [0.25, 0.3) is 0 Å². The van der Waals surface area contributed by atoms with Crippen molar-refractivity contribution in [1.82, 2.24) is 20.2 Å². The van der Waals surface area contributed by atoms with E-state index in [0.29, 0.717) is 58.6 Å². The van der Waals surface area contributed by atoms with Gasteiger partial charge in [0.15, 0.2) is 0 Å². The van der Waals surface area contributed by atoms with Crippen molar-refractivity contribution in [3.63, 3.8) is 0 Å². The van der Waals surface area contributed by atoms with Crippen LogP contribution in [0.15, 0.2) is 59.3 Å². The van der Waals surface area contributed by atoms with Gasteiger partial charge in [0.2, 0.25) is 0 Å². The summed E-state index contributed by atoms with van der Waals surface area (Å²) in [5.41, 5.74) is 5.61. The number of terminal acetylenes is 1. The van der Waals surface area contributed by atoms with E-state index in [0.717, 1.165) is 11.1 Å². The fourth-order valence-corrected chi connectivity index (χ4v) is 3.54. The van der Waals surface area contributed by atoms with Gasteiger partial charge in [-0.2, -0.15) is 10.2 Å². The molecule has 2 radical (unpaired) electrons. The molecule has 1 atom stereocenters. The second kappa shape index (κ2) is 12.7. The Labute approximate surface area is 224 Å². The third-order valence-electron chi connectivity index (χ3n) is 5.43. The van der Waals surface area contributed by atoms with Gasteiger partial charge in [-0.05, 0) is 26.0 Å². The molecule has 38 heavy (non-hydrogen) atoms. The van der Waals surface area contributed by atoms with Crippen LogP contribution in [0.5, 0.6) is 5.75 Å². The summed E-state index contributed by atoms with van der Waals surface area (Å²) in [6, 6.07) is 5.60. The average molecular weight is 491 g/mol. The predicted molar refractivity (Wildman–Crippen MR) is 149 cm³/mol. The molecule has 3 aromatic rings. The Balaban J connectivity index is 1.74. The number of allylic oxidation sites excluding steroid dienone is 1. The summed E-state index contributed by atoms with van der Waals surface area (Å²) in [6.45, 7) is 4.25. The zero-order valence-electron chi connectivity index (χ0n) is 21.1. The molecule has 0 bridgehead atoms. The number of nitrogens with zero attached hydrogens (tertiary/aromatic N) is 5. The Bertz CT molecular complexity index is 1630. The largest absolute Gasteiger partial charge is 0.493 e. The highest BCUT2D eigenvalue weighted by Gasteiger charge is 2.13. The lowest BCUT2D eigenvalue weighted by Gasteiger charge is -2.13. The summed E-state index contributed by atoms with van der Waals surface area (Å²) in [4.78, 5) is 12.5. The minimum atomic E-state index is 0.0834. The third kappa shape index (κ3) is 6.56. The summed E-state index contributed by atoms with van der Waals surface area (Å²) >= 11 is 0. The second-order valence-corrected chi connectivity index (χ2v) is 8.28. The summed E-state index contributed by atoms with van der Waals surface area (Å²) in [5, 5.41) is 8.19. The third-order valence-corrected chi connectivity index (χ3v) is 5.43. The molecule has 2 aromatic heterocycles. The number of hydrogen-bond acceptors (Lipinski definition) is 6. The van der Waals surface area contributed by atoms with Gasteiger partial charge in [0.25, 0.3) is 0 Å². The normalized spacial score (nSPS) is 13.7. The molecule has 0 spiro atoms. The van der Waals surface area contributed by atoms with Crippen LogP contribution in [-0.4, -0.2) is 46.9 Å². The van der Waals surface area contributed by atoms with Crippen LogP contribution < -0.4 is 4.74 Å². The van der Waals surface area contributed by atoms with E-state index < -0.39 is 0 Å². The van der Waals surface area contributed by atoms with E-state index in [-0.39, 0.29) is 6.04 Å². The van der Waals surface area contributed by atoms with Gasteiger partial charge in [-0.15, -0.1) is 6.42 Å². The van der Waals surface area contributed by atoms with E-state index in [1.165, 1.54) is 6.33 Å². The van der Waals surface area contributed by atoms with E-state index in [9.17, 15) is 0 Å². The molecular formula is C31H22BN5O. The van der Waals surface area contributed by atoms with Crippen LogP contribution in [0.2, 0.25) is 6.32 Å². The molecule has 0 fully saturated rings. The maximum absolute atomic E-state index is 5.77. The fourth-order valence-electron chi connectivity index (χ4n) is 3.54. The summed E-state index contributed by atoms with van der Waals surface area (Å²) in [5.74, 6) is 22.4. The van der Waals surface area contributed by atoms with Crippen LogP contribution in [0.4, 0.5) is 0 Å². The van der Waals surface area contributed by atoms with Crippen LogP contribution in [0, 0.1) is 54.8 Å². The second-order valence-electron chi connectivity index (χ2n) is 8.28. The summed E-state index contributed by atoms with van der Waals surface area (Å²) in [7, 11) is 5.61. The van der Waals surface area contributed by atoms with Crippen molar-refractivity contribution in [3.8, 4) is 53.6 Å². The minimum Gasteiger partial charge on any atom is -0.493 e. The first-order valence-corrected chi connectivity index (χ1v) is 11.9. The minimum absolute atomic E-state index is 0.0834. The SMILES string of the molecule is [B]CCOc1cccc(C#C)c1C#CC1=C(C#Cc2cnnc(C)c2C#Cc2cncnc2)C=NC(C)C1. The van der Waals surface area contributed by atoms with E-state index in [1.54, 1.807) is 24.8 Å². The first-order valence-electron chi connectivity index (χ1n) is 11.9. The first-order chi connectivity index (χ1) is 18.6. The van der Waals surface area contributed by atoms with Gasteiger partial charge in [0.05, 0.1) is 60.2 Å². The molecule has 1 aromatic carbocycles. The molecule has 1 unspecified atom stereocenters. The topological polar surface area (TPSA) is 73.2 Å². The Kier molecular flexibility index (Phi) is 8.70. The number of aromatic nitrogens is 4. The molecule has 180 valence electrons. The maximum atomic E-state index is 5.77. The molecule has 1 aliphatic rings. The number of dihydropyridines is 1. The molecular weight excluding hydrogens is 469 g/mol. The van der Waals surface area contributed by atoms with Gasteiger partial charge in [0.1, 0.15) is 12.1 Å². The maximum Gasteiger partial charge on any atom is 0.136 e. The van der Waals surface area contributed by atoms with Gasteiger partial charge < -0.3 is 4.74 Å². The van der Waals surface area contributed by atoms with Gasteiger partial charge in [-0.25, -0.2) is 9.97 Å². The Morgan fingerprint density at radius 1 is 1.00 bits per heavy atom.